The molecular formula is C8H5Br2F2NO2. The van der Waals surface area contributed by atoms with Crippen LogP contribution in [0.2, 0.25) is 0 Å². The predicted octanol–water partition coefficient (Wildman–Crippen LogP) is 3.37. The van der Waals surface area contributed by atoms with Crippen molar-refractivity contribution in [2.75, 3.05) is 0 Å². The van der Waals surface area contributed by atoms with Crippen LogP contribution in [0, 0.1) is 0 Å². The lowest BCUT2D eigenvalue weighted by Gasteiger charge is -2.09. The van der Waals surface area contributed by atoms with Gasteiger partial charge in [-0.2, -0.15) is 0 Å². The molecule has 0 saturated carbocycles. The third kappa shape index (κ3) is 2.72. The summed E-state index contributed by atoms with van der Waals surface area (Å²) in [6, 6.07) is 1.20. The Hall–Kier alpha value is -0.560. The quantitative estimate of drug-likeness (QED) is 0.675. The SMILES string of the molecule is O=C(O)c1cc(Br)nc(C(F)F)c1CBr. The summed E-state index contributed by atoms with van der Waals surface area (Å²) < 4.78 is 25.2. The second kappa shape index (κ2) is 4.98. The van der Waals surface area contributed by atoms with E-state index in [0.717, 1.165) is 0 Å². The van der Waals surface area contributed by atoms with Gasteiger partial charge in [0.25, 0.3) is 6.43 Å². The molecule has 1 aromatic heterocycles. The average molecular weight is 345 g/mol. The maximum absolute atomic E-state index is 12.5. The second-order valence-electron chi connectivity index (χ2n) is 2.60. The van der Waals surface area contributed by atoms with Crippen molar-refractivity contribution >= 4 is 37.8 Å². The third-order valence-electron chi connectivity index (χ3n) is 1.70. The zero-order chi connectivity index (χ0) is 11.6. The molecule has 1 aromatic rings. The van der Waals surface area contributed by atoms with Gasteiger partial charge in [-0.05, 0) is 22.0 Å². The number of aromatic carboxylic acids is 1. The smallest absolute Gasteiger partial charge is 0.336 e. The van der Waals surface area contributed by atoms with Crippen LogP contribution in [0.4, 0.5) is 8.78 Å². The van der Waals surface area contributed by atoms with Gasteiger partial charge in [0, 0.05) is 10.9 Å². The van der Waals surface area contributed by atoms with Crippen LogP contribution in [0.25, 0.3) is 0 Å². The van der Waals surface area contributed by atoms with Crippen LogP contribution in [0.3, 0.4) is 0 Å². The first-order valence-electron chi connectivity index (χ1n) is 3.74. The number of carbonyl (C=O) groups is 1. The summed E-state index contributed by atoms with van der Waals surface area (Å²) in [5, 5.41) is 8.84. The molecule has 3 nitrogen and oxygen atoms in total. The molecule has 1 rings (SSSR count). The fourth-order valence-electron chi connectivity index (χ4n) is 1.07. The zero-order valence-electron chi connectivity index (χ0n) is 7.18. The highest BCUT2D eigenvalue weighted by Crippen LogP contribution is 2.28. The van der Waals surface area contributed by atoms with Crippen molar-refractivity contribution in [1.29, 1.82) is 0 Å². The molecular weight excluding hydrogens is 340 g/mol. The lowest BCUT2D eigenvalue weighted by Crippen LogP contribution is -2.07. The number of hydrogen-bond acceptors (Lipinski definition) is 2. The summed E-state index contributed by atoms with van der Waals surface area (Å²) in [4.78, 5) is 14.4. The summed E-state index contributed by atoms with van der Waals surface area (Å²) in [5.41, 5.74) is -0.691. The fraction of sp³-hybridized carbons (Fsp3) is 0.250. The van der Waals surface area contributed by atoms with Crippen LogP contribution in [0.15, 0.2) is 10.7 Å². The van der Waals surface area contributed by atoms with Gasteiger partial charge in [0.05, 0.1) is 5.56 Å². The van der Waals surface area contributed by atoms with Crippen molar-refractivity contribution in [3.63, 3.8) is 0 Å². The van der Waals surface area contributed by atoms with Gasteiger partial charge in [0.15, 0.2) is 0 Å². The first-order chi connectivity index (χ1) is 6.97. The van der Waals surface area contributed by atoms with E-state index in [-0.39, 0.29) is 21.1 Å². The average Bonchev–Trinajstić information content (AvgIpc) is 2.16. The van der Waals surface area contributed by atoms with Crippen LogP contribution in [0.1, 0.15) is 28.0 Å². The van der Waals surface area contributed by atoms with Crippen LogP contribution in [0.5, 0.6) is 0 Å². The number of carboxylic acid groups (broad SMARTS) is 1. The first kappa shape index (κ1) is 12.5. The number of aromatic nitrogens is 1. The van der Waals surface area contributed by atoms with Crippen molar-refractivity contribution in [1.82, 2.24) is 4.98 Å². The van der Waals surface area contributed by atoms with Crippen molar-refractivity contribution in [2.45, 2.75) is 11.8 Å². The van der Waals surface area contributed by atoms with Crippen molar-refractivity contribution < 1.29 is 18.7 Å². The van der Waals surface area contributed by atoms with E-state index in [1.54, 1.807) is 0 Å². The molecule has 1 heterocycles. The number of hydrogen-bond donors (Lipinski definition) is 1. The standard InChI is InChI=1S/C8H5Br2F2NO2/c9-2-4-3(8(14)15)1-5(10)13-6(4)7(11)12/h1,7H,2H2,(H,14,15). The number of alkyl halides is 3. The molecule has 0 amide bonds. The Balaban J connectivity index is 3.45. The Morgan fingerprint density at radius 3 is 2.60 bits per heavy atom. The van der Waals surface area contributed by atoms with E-state index < -0.39 is 18.1 Å². The lowest BCUT2D eigenvalue weighted by molar-refractivity contribution is 0.0695. The van der Waals surface area contributed by atoms with Crippen LogP contribution in [-0.4, -0.2) is 16.1 Å². The molecule has 0 spiro atoms. The number of pyridine rings is 1. The summed E-state index contributed by atoms with van der Waals surface area (Å²) >= 11 is 5.86. The number of rotatable bonds is 3. The molecule has 15 heavy (non-hydrogen) atoms. The van der Waals surface area contributed by atoms with Gasteiger partial charge in [0.2, 0.25) is 0 Å². The van der Waals surface area contributed by atoms with Crippen molar-refractivity contribution in [3.05, 3.63) is 27.5 Å². The molecule has 0 fully saturated rings. The van der Waals surface area contributed by atoms with Gasteiger partial charge in [-0.15, -0.1) is 0 Å². The highest BCUT2D eigenvalue weighted by Gasteiger charge is 2.21. The van der Waals surface area contributed by atoms with Crippen molar-refractivity contribution in [2.24, 2.45) is 0 Å². The Morgan fingerprint density at radius 2 is 2.20 bits per heavy atom. The lowest BCUT2D eigenvalue weighted by atomic mass is 10.1. The third-order valence-corrected chi connectivity index (χ3v) is 2.66. The van der Waals surface area contributed by atoms with Crippen LogP contribution < -0.4 is 0 Å². The van der Waals surface area contributed by atoms with Gasteiger partial charge < -0.3 is 5.11 Å². The summed E-state index contributed by atoms with van der Waals surface area (Å²) in [6.45, 7) is 0. The Labute approximate surface area is 101 Å². The van der Waals surface area contributed by atoms with E-state index in [9.17, 15) is 13.6 Å². The molecule has 7 heteroatoms. The zero-order valence-corrected chi connectivity index (χ0v) is 10.3. The topological polar surface area (TPSA) is 50.2 Å². The molecule has 0 aliphatic heterocycles. The largest absolute Gasteiger partial charge is 0.478 e. The van der Waals surface area contributed by atoms with Gasteiger partial charge in [-0.1, -0.05) is 15.9 Å². The molecule has 82 valence electrons. The summed E-state index contributed by atoms with van der Waals surface area (Å²) in [6.07, 6.45) is -2.80. The minimum atomic E-state index is -2.80. The Kier molecular flexibility index (Phi) is 4.15. The predicted molar refractivity (Wildman–Crippen MR) is 56.5 cm³/mol. The molecule has 0 saturated heterocycles. The second-order valence-corrected chi connectivity index (χ2v) is 3.97. The number of nitrogens with zero attached hydrogens (tertiary/aromatic N) is 1. The van der Waals surface area contributed by atoms with E-state index in [1.165, 1.54) is 6.07 Å². The fourth-order valence-corrected chi connectivity index (χ4v) is 2.08. The molecule has 0 radical (unpaired) electrons. The van der Waals surface area contributed by atoms with Crippen LogP contribution in [-0.2, 0) is 5.33 Å². The maximum atomic E-state index is 12.5. The molecule has 0 atom stereocenters. The summed E-state index contributed by atoms with van der Waals surface area (Å²) in [7, 11) is 0. The van der Waals surface area contributed by atoms with E-state index in [0.29, 0.717) is 0 Å². The highest BCUT2D eigenvalue weighted by atomic mass is 79.9. The van der Waals surface area contributed by atoms with E-state index in [4.69, 9.17) is 5.11 Å². The van der Waals surface area contributed by atoms with E-state index >= 15 is 0 Å². The van der Waals surface area contributed by atoms with Gasteiger partial charge >= 0.3 is 5.97 Å². The molecule has 0 aliphatic carbocycles. The molecule has 0 aliphatic rings. The molecule has 0 unspecified atom stereocenters. The number of carboxylic acids is 1. The van der Waals surface area contributed by atoms with E-state index in [2.05, 4.69) is 36.8 Å². The summed E-state index contributed by atoms with van der Waals surface area (Å²) in [5.74, 6) is -1.26. The molecule has 0 aromatic carbocycles. The monoisotopic (exact) mass is 343 g/mol. The number of halogens is 4. The minimum absolute atomic E-state index is 0.000648. The minimum Gasteiger partial charge on any atom is -0.478 e. The van der Waals surface area contributed by atoms with Crippen molar-refractivity contribution in [3.8, 4) is 0 Å². The van der Waals surface area contributed by atoms with Gasteiger partial charge in [-0.25, -0.2) is 18.6 Å². The van der Waals surface area contributed by atoms with Gasteiger partial charge in [0.1, 0.15) is 10.3 Å². The first-order valence-corrected chi connectivity index (χ1v) is 5.65. The normalized spacial score (nSPS) is 10.7. The van der Waals surface area contributed by atoms with E-state index in [1.807, 2.05) is 0 Å². The Bertz CT molecular complexity index is 398. The molecule has 0 bridgehead atoms. The Morgan fingerprint density at radius 1 is 1.60 bits per heavy atom. The molecule has 1 N–H and O–H groups in total. The van der Waals surface area contributed by atoms with Gasteiger partial charge in [-0.3, -0.25) is 0 Å². The van der Waals surface area contributed by atoms with Crippen LogP contribution >= 0.6 is 31.9 Å². The highest BCUT2D eigenvalue weighted by molar-refractivity contribution is 9.10. The maximum Gasteiger partial charge on any atom is 0.336 e.